The molecule has 0 radical (unpaired) electrons. The van der Waals surface area contributed by atoms with Gasteiger partial charge in [0.2, 0.25) is 5.95 Å². The number of hydrogen-bond acceptors (Lipinski definition) is 7. The molecular formula is C24H27N5OS. The van der Waals surface area contributed by atoms with Gasteiger partial charge in [-0.1, -0.05) is 13.0 Å². The summed E-state index contributed by atoms with van der Waals surface area (Å²) in [5, 5.41) is 0. The van der Waals surface area contributed by atoms with Crippen molar-refractivity contribution in [2.75, 3.05) is 30.4 Å². The van der Waals surface area contributed by atoms with E-state index in [2.05, 4.69) is 35.0 Å². The molecule has 7 heteroatoms. The average molecular weight is 434 g/mol. The smallest absolute Gasteiger partial charge is 0.229 e. The third-order valence-electron chi connectivity index (χ3n) is 6.04. The largest absolute Gasteiger partial charge is 0.379 e. The molecule has 31 heavy (non-hydrogen) atoms. The molecule has 1 aromatic carbocycles. The molecule has 160 valence electrons. The van der Waals surface area contributed by atoms with Crippen LogP contribution in [-0.2, 0) is 15.7 Å². The Bertz CT molecular complexity index is 1110. The topological polar surface area (TPSA) is 77.2 Å². The zero-order valence-corrected chi connectivity index (χ0v) is 18.9. The molecule has 1 spiro atoms. The highest BCUT2D eigenvalue weighted by Crippen LogP contribution is 2.48. The van der Waals surface area contributed by atoms with Crippen LogP contribution in [0.4, 0.5) is 11.6 Å². The van der Waals surface area contributed by atoms with Crippen molar-refractivity contribution in [2.45, 2.75) is 36.6 Å². The lowest BCUT2D eigenvalue weighted by molar-refractivity contribution is -0.0507. The molecule has 5 rings (SSSR count). The third kappa shape index (κ3) is 3.60. The minimum Gasteiger partial charge on any atom is -0.379 e. The van der Waals surface area contributed by atoms with E-state index in [1.54, 1.807) is 6.20 Å². The van der Waals surface area contributed by atoms with Crippen LogP contribution in [0, 0.1) is 0 Å². The molecule has 0 unspecified atom stereocenters. The van der Waals surface area contributed by atoms with Gasteiger partial charge in [0.05, 0.1) is 24.3 Å². The van der Waals surface area contributed by atoms with Crippen molar-refractivity contribution >= 4 is 23.4 Å². The number of fused-ring (bicyclic) bond motifs is 2. The molecule has 0 atom stereocenters. The molecule has 0 bridgehead atoms. The minimum absolute atomic E-state index is 0.0510. The lowest BCUT2D eigenvalue weighted by Crippen LogP contribution is -2.49. The molecule has 0 amide bonds. The number of benzene rings is 1. The molecule has 1 saturated heterocycles. The van der Waals surface area contributed by atoms with E-state index in [1.165, 1.54) is 16.1 Å². The fourth-order valence-electron chi connectivity index (χ4n) is 4.27. The van der Waals surface area contributed by atoms with Gasteiger partial charge in [-0.15, -0.1) is 11.8 Å². The average Bonchev–Trinajstić information content (AvgIpc) is 3.09. The number of ether oxygens (including phenoxy) is 1. The van der Waals surface area contributed by atoms with E-state index >= 15 is 0 Å². The fraction of sp³-hybridized carbons (Fsp3) is 0.375. The summed E-state index contributed by atoms with van der Waals surface area (Å²) in [5.74, 6) is 1.76. The zero-order valence-electron chi connectivity index (χ0n) is 18.1. The Labute approximate surface area is 187 Å². The van der Waals surface area contributed by atoms with Gasteiger partial charge in [-0.25, -0.2) is 9.97 Å². The van der Waals surface area contributed by atoms with Gasteiger partial charge in [0.1, 0.15) is 0 Å². The van der Waals surface area contributed by atoms with Crippen LogP contribution < -0.4 is 10.6 Å². The maximum absolute atomic E-state index is 6.26. The summed E-state index contributed by atoms with van der Waals surface area (Å²) in [4.78, 5) is 17.4. The first-order valence-corrected chi connectivity index (χ1v) is 11.6. The highest BCUT2D eigenvalue weighted by atomic mass is 32.2. The Hall–Kier alpha value is -2.48. The number of aromatic nitrogens is 3. The van der Waals surface area contributed by atoms with Crippen LogP contribution in [0.25, 0.3) is 11.3 Å². The number of nitrogens with two attached hydrogens (primary N) is 1. The molecular weight excluding hydrogens is 406 g/mol. The molecule has 2 aliphatic rings. The summed E-state index contributed by atoms with van der Waals surface area (Å²) >= 11 is 1.85. The summed E-state index contributed by atoms with van der Waals surface area (Å²) in [7, 11) is 0. The van der Waals surface area contributed by atoms with E-state index in [9.17, 15) is 0 Å². The van der Waals surface area contributed by atoms with Crippen LogP contribution >= 0.6 is 11.8 Å². The Kier molecular flexibility index (Phi) is 5.00. The van der Waals surface area contributed by atoms with E-state index < -0.39 is 5.54 Å². The van der Waals surface area contributed by atoms with Gasteiger partial charge in [-0.05, 0) is 55.0 Å². The van der Waals surface area contributed by atoms with Crippen molar-refractivity contribution in [2.24, 2.45) is 5.73 Å². The Morgan fingerprint density at radius 1 is 1.13 bits per heavy atom. The Balaban J connectivity index is 1.48. The van der Waals surface area contributed by atoms with E-state index in [1.807, 2.05) is 50.1 Å². The highest BCUT2D eigenvalue weighted by molar-refractivity contribution is 7.99. The van der Waals surface area contributed by atoms with Crippen molar-refractivity contribution in [3.05, 3.63) is 60.0 Å². The van der Waals surface area contributed by atoms with Crippen LogP contribution in [0.2, 0.25) is 0 Å². The molecule has 6 nitrogen and oxygen atoms in total. The first-order chi connectivity index (χ1) is 14.9. The van der Waals surface area contributed by atoms with E-state index in [0.29, 0.717) is 5.95 Å². The van der Waals surface area contributed by atoms with Crippen LogP contribution in [0.5, 0.6) is 0 Å². The molecule has 2 aliphatic heterocycles. The predicted molar refractivity (Wildman–Crippen MR) is 125 cm³/mol. The van der Waals surface area contributed by atoms with Crippen molar-refractivity contribution in [1.29, 1.82) is 0 Å². The predicted octanol–water partition coefficient (Wildman–Crippen LogP) is 4.26. The number of thioether (sulfide) groups is 1. The second kappa shape index (κ2) is 7.58. The van der Waals surface area contributed by atoms with E-state index in [-0.39, 0.29) is 5.41 Å². The SMILES string of the molecule is CCSc1ccc2c(c1)N(c1ncc(-c3cc(C(C)(C)N)ccn3)cn1)CC21COC1. The van der Waals surface area contributed by atoms with Crippen LogP contribution in [0.15, 0.2) is 53.8 Å². The van der Waals surface area contributed by atoms with Gasteiger partial charge in [0.25, 0.3) is 0 Å². The van der Waals surface area contributed by atoms with Crippen LogP contribution in [-0.4, -0.2) is 40.5 Å². The summed E-state index contributed by atoms with van der Waals surface area (Å²) in [5.41, 5.74) is 11.2. The van der Waals surface area contributed by atoms with Gasteiger partial charge >= 0.3 is 0 Å². The van der Waals surface area contributed by atoms with Crippen molar-refractivity contribution in [1.82, 2.24) is 15.0 Å². The third-order valence-corrected chi connectivity index (χ3v) is 6.92. The number of nitrogens with zero attached hydrogens (tertiary/aromatic N) is 4. The first kappa shape index (κ1) is 20.4. The van der Waals surface area contributed by atoms with Gasteiger partial charge in [0, 0.05) is 46.8 Å². The summed E-state index contributed by atoms with van der Waals surface area (Å²) < 4.78 is 5.60. The number of pyridine rings is 1. The standard InChI is InChI=1S/C24H27N5OS/c1-4-31-18-5-6-19-21(10-18)29(13-24(19)14-30-15-24)22-27-11-16(12-28-22)20-9-17(7-8-26-20)23(2,3)25/h5-12H,4,13-15,25H2,1-3H3. The Morgan fingerprint density at radius 2 is 1.90 bits per heavy atom. The second-order valence-electron chi connectivity index (χ2n) is 8.89. The van der Waals surface area contributed by atoms with Crippen molar-refractivity contribution in [3.63, 3.8) is 0 Å². The second-order valence-corrected chi connectivity index (χ2v) is 10.2. The fourth-order valence-corrected chi connectivity index (χ4v) is 4.96. The van der Waals surface area contributed by atoms with Crippen molar-refractivity contribution < 1.29 is 4.74 Å². The summed E-state index contributed by atoms with van der Waals surface area (Å²) in [6, 6.07) is 10.7. The number of hydrogen-bond donors (Lipinski definition) is 1. The van der Waals surface area contributed by atoms with E-state index in [4.69, 9.17) is 20.4 Å². The molecule has 4 heterocycles. The molecule has 0 aliphatic carbocycles. The zero-order chi connectivity index (χ0) is 21.6. The molecule has 1 fully saturated rings. The molecule has 3 aromatic rings. The summed E-state index contributed by atoms with van der Waals surface area (Å²) in [6.45, 7) is 8.49. The van der Waals surface area contributed by atoms with Gasteiger partial charge in [0.15, 0.2) is 0 Å². The van der Waals surface area contributed by atoms with Crippen LogP contribution in [0.3, 0.4) is 0 Å². The van der Waals surface area contributed by atoms with Crippen molar-refractivity contribution in [3.8, 4) is 11.3 Å². The lowest BCUT2D eigenvalue weighted by Gasteiger charge is -2.38. The van der Waals surface area contributed by atoms with Gasteiger partial charge < -0.3 is 15.4 Å². The lowest BCUT2D eigenvalue weighted by atomic mass is 9.81. The Morgan fingerprint density at radius 3 is 2.55 bits per heavy atom. The number of anilines is 2. The summed E-state index contributed by atoms with van der Waals surface area (Å²) in [6.07, 6.45) is 5.49. The number of rotatable bonds is 5. The maximum Gasteiger partial charge on any atom is 0.229 e. The molecule has 0 saturated carbocycles. The van der Waals surface area contributed by atoms with Gasteiger partial charge in [-0.3, -0.25) is 4.98 Å². The van der Waals surface area contributed by atoms with E-state index in [0.717, 1.165) is 42.3 Å². The molecule has 2 aromatic heterocycles. The maximum atomic E-state index is 6.26. The van der Waals surface area contributed by atoms with Crippen LogP contribution in [0.1, 0.15) is 31.9 Å². The first-order valence-electron chi connectivity index (χ1n) is 10.6. The highest BCUT2D eigenvalue weighted by Gasteiger charge is 2.49. The normalized spacial score (nSPS) is 17.0. The quantitative estimate of drug-likeness (QED) is 0.602. The van der Waals surface area contributed by atoms with Gasteiger partial charge in [-0.2, -0.15) is 0 Å². The monoisotopic (exact) mass is 433 g/mol. The molecule has 2 N–H and O–H groups in total. The minimum atomic E-state index is -0.425.